The summed E-state index contributed by atoms with van der Waals surface area (Å²) in [6.07, 6.45) is 2.10. The molecule has 0 saturated carbocycles. The lowest BCUT2D eigenvalue weighted by atomic mass is 10.1. The number of halogens is 2. The third-order valence-corrected chi connectivity index (χ3v) is 3.96. The summed E-state index contributed by atoms with van der Waals surface area (Å²) < 4.78 is 5.95. The second-order valence-corrected chi connectivity index (χ2v) is 5.56. The zero-order valence-electron chi connectivity index (χ0n) is 11.7. The molecule has 1 aromatic carbocycles. The summed E-state index contributed by atoms with van der Waals surface area (Å²) in [5.41, 5.74) is 0.941. The standard InChI is InChI=1S/C16H19Cl2NO/c1-3-9-19-14(4-2)16-8-7-15(20-16)11-5-6-12(17)13(18)10-11/h5-8,10,14,19H,3-4,9H2,1-2H3. The van der Waals surface area contributed by atoms with Crippen LogP contribution in [0, 0.1) is 0 Å². The third kappa shape index (κ3) is 3.57. The maximum absolute atomic E-state index is 6.04. The predicted molar refractivity (Wildman–Crippen MR) is 85.5 cm³/mol. The third-order valence-electron chi connectivity index (χ3n) is 3.22. The van der Waals surface area contributed by atoms with Crippen LogP contribution in [0.15, 0.2) is 34.7 Å². The van der Waals surface area contributed by atoms with Crippen LogP contribution >= 0.6 is 23.2 Å². The van der Waals surface area contributed by atoms with E-state index < -0.39 is 0 Å². The van der Waals surface area contributed by atoms with E-state index in [4.69, 9.17) is 27.6 Å². The van der Waals surface area contributed by atoms with Crippen LogP contribution in [0.3, 0.4) is 0 Å². The second kappa shape index (κ2) is 7.16. The molecule has 0 saturated heterocycles. The summed E-state index contributed by atoms with van der Waals surface area (Å²) >= 11 is 12.0. The zero-order valence-corrected chi connectivity index (χ0v) is 13.3. The van der Waals surface area contributed by atoms with Crippen molar-refractivity contribution in [1.82, 2.24) is 5.32 Å². The molecule has 20 heavy (non-hydrogen) atoms. The average molecular weight is 312 g/mol. The van der Waals surface area contributed by atoms with Crippen molar-refractivity contribution in [3.8, 4) is 11.3 Å². The lowest BCUT2D eigenvalue weighted by Gasteiger charge is -2.13. The number of nitrogens with one attached hydrogen (secondary N) is 1. The molecule has 1 unspecified atom stereocenters. The SMILES string of the molecule is CCCNC(CC)c1ccc(-c2ccc(Cl)c(Cl)c2)o1. The number of benzene rings is 1. The van der Waals surface area contributed by atoms with Gasteiger partial charge in [-0.05, 0) is 49.7 Å². The Kier molecular flexibility index (Phi) is 5.53. The molecule has 0 radical (unpaired) electrons. The average Bonchev–Trinajstić information content (AvgIpc) is 2.92. The molecule has 2 nitrogen and oxygen atoms in total. The Labute approximate surface area is 130 Å². The van der Waals surface area contributed by atoms with E-state index in [0.29, 0.717) is 10.0 Å². The minimum Gasteiger partial charge on any atom is -0.459 e. The van der Waals surface area contributed by atoms with Crippen molar-refractivity contribution < 1.29 is 4.42 Å². The summed E-state index contributed by atoms with van der Waals surface area (Å²) in [7, 11) is 0. The lowest BCUT2D eigenvalue weighted by molar-refractivity contribution is 0.411. The molecule has 0 bridgehead atoms. The molecule has 2 aromatic rings. The number of rotatable bonds is 6. The molecule has 0 spiro atoms. The number of hydrogen-bond donors (Lipinski definition) is 1. The first kappa shape index (κ1) is 15.4. The van der Waals surface area contributed by atoms with Gasteiger partial charge in [-0.15, -0.1) is 0 Å². The van der Waals surface area contributed by atoms with Gasteiger partial charge in [0.25, 0.3) is 0 Å². The molecule has 0 aliphatic rings. The molecule has 0 amide bonds. The highest BCUT2D eigenvalue weighted by Crippen LogP contribution is 2.31. The van der Waals surface area contributed by atoms with E-state index in [0.717, 1.165) is 36.5 Å². The van der Waals surface area contributed by atoms with Gasteiger partial charge in [-0.25, -0.2) is 0 Å². The van der Waals surface area contributed by atoms with Crippen LogP contribution in [-0.2, 0) is 0 Å². The van der Waals surface area contributed by atoms with Gasteiger partial charge in [-0.1, -0.05) is 37.0 Å². The Morgan fingerprint density at radius 2 is 1.90 bits per heavy atom. The van der Waals surface area contributed by atoms with Crippen molar-refractivity contribution >= 4 is 23.2 Å². The van der Waals surface area contributed by atoms with Gasteiger partial charge in [0.05, 0.1) is 16.1 Å². The van der Waals surface area contributed by atoms with E-state index in [1.807, 2.05) is 24.3 Å². The van der Waals surface area contributed by atoms with Gasteiger partial charge in [0.15, 0.2) is 0 Å². The monoisotopic (exact) mass is 311 g/mol. The highest BCUT2D eigenvalue weighted by atomic mass is 35.5. The molecule has 1 heterocycles. The highest BCUT2D eigenvalue weighted by Gasteiger charge is 2.14. The van der Waals surface area contributed by atoms with Gasteiger partial charge in [-0.2, -0.15) is 0 Å². The Morgan fingerprint density at radius 1 is 1.10 bits per heavy atom. The maximum Gasteiger partial charge on any atom is 0.134 e. The first-order chi connectivity index (χ1) is 9.65. The van der Waals surface area contributed by atoms with Crippen LogP contribution < -0.4 is 5.32 Å². The summed E-state index contributed by atoms with van der Waals surface area (Å²) in [6.45, 7) is 5.29. The fraction of sp³-hybridized carbons (Fsp3) is 0.375. The van der Waals surface area contributed by atoms with Gasteiger partial charge >= 0.3 is 0 Å². The Balaban J connectivity index is 2.20. The van der Waals surface area contributed by atoms with Gasteiger partial charge in [0.1, 0.15) is 11.5 Å². The van der Waals surface area contributed by atoms with Gasteiger partial charge < -0.3 is 9.73 Å². The minimum absolute atomic E-state index is 0.256. The Hall–Kier alpha value is -0.960. The lowest BCUT2D eigenvalue weighted by Crippen LogP contribution is -2.20. The van der Waals surface area contributed by atoms with Crippen molar-refractivity contribution in [2.45, 2.75) is 32.7 Å². The Bertz CT molecular complexity index is 565. The number of furan rings is 1. The smallest absolute Gasteiger partial charge is 0.134 e. The van der Waals surface area contributed by atoms with E-state index in [9.17, 15) is 0 Å². The van der Waals surface area contributed by atoms with E-state index >= 15 is 0 Å². The van der Waals surface area contributed by atoms with E-state index in [1.165, 1.54) is 0 Å². The largest absolute Gasteiger partial charge is 0.459 e. The van der Waals surface area contributed by atoms with Crippen LogP contribution in [0.25, 0.3) is 11.3 Å². The van der Waals surface area contributed by atoms with Gasteiger partial charge in [0, 0.05) is 5.56 Å². The summed E-state index contributed by atoms with van der Waals surface area (Å²) in [4.78, 5) is 0. The van der Waals surface area contributed by atoms with E-state index in [-0.39, 0.29) is 6.04 Å². The van der Waals surface area contributed by atoms with Crippen LogP contribution in [0.5, 0.6) is 0 Å². The summed E-state index contributed by atoms with van der Waals surface area (Å²) in [6, 6.07) is 9.78. The van der Waals surface area contributed by atoms with Crippen molar-refractivity contribution in [2.75, 3.05) is 6.54 Å². The molecule has 1 atom stereocenters. The van der Waals surface area contributed by atoms with Crippen molar-refractivity contribution in [3.05, 3.63) is 46.1 Å². The van der Waals surface area contributed by atoms with Crippen LogP contribution in [0.2, 0.25) is 10.0 Å². The van der Waals surface area contributed by atoms with Crippen molar-refractivity contribution in [2.24, 2.45) is 0 Å². The van der Waals surface area contributed by atoms with Crippen molar-refractivity contribution in [3.63, 3.8) is 0 Å². The first-order valence-corrected chi connectivity index (χ1v) is 7.69. The van der Waals surface area contributed by atoms with Crippen LogP contribution in [0.1, 0.15) is 38.5 Å². The van der Waals surface area contributed by atoms with Crippen molar-refractivity contribution in [1.29, 1.82) is 0 Å². The van der Waals surface area contributed by atoms with E-state index in [2.05, 4.69) is 19.2 Å². The Morgan fingerprint density at radius 3 is 2.55 bits per heavy atom. The second-order valence-electron chi connectivity index (χ2n) is 4.75. The minimum atomic E-state index is 0.256. The predicted octanol–water partition coefficient (Wildman–Crippen LogP) is 5.70. The molecular formula is C16H19Cl2NO. The van der Waals surface area contributed by atoms with Gasteiger partial charge in [0.2, 0.25) is 0 Å². The molecule has 1 aromatic heterocycles. The molecule has 108 valence electrons. The summed E-state index contributed by atoms with van der Waals surface area (Å²) in [5.74, 6) is 1.78. The molecular weight excluding hydrogens is 293 g/mol. The zero-order chi connectivity index (χ0) is 14.5. The normalized spacial score (nSPS) is 12.6. The molecule has 0 aliphatic heterocycles. The quantitative estimate of drug-likeness (QED) is 0.739. The van der Waals surface area contributed by atoms with Crippen LogP contribution in [-0.4, -0.2) is 6.54 Å². The molecule has 2 rings (SSSR count). The van der Waals surface area contributed by atoms with Crippen LogP contribution in [0.4, 0.5) is 0 Å². The van der Waals surface area contributed by atoms with E-state index in [1.54, 1.807) is 6.07 Å². The summed E-state index contributed by atoms with van der Waals surface area (Å²) in [5, 5.41) is 4.57. The first-order valence-electron chi connectivity index (χ1n) is 6.94. The topological polar surface area (TPSA) is 25.2 Å². The number of hydrogen-bond acceptors (Lipinski definition) is 2. The van der Waals surface area contributed by atoms with Gasteiger partial charge in [-0.3, -0.25) is 0 Å². The molecule has 0 fully saturated rings. The fourth-order valence-electron chi connectivity index (χ4n) is 2.11. The molecule has 1 N–H and O–H groups in total. The molecule has 0 aliphatic carbocycles. The highest BCUT2D eigenvalue weighted by molar-refractivity contribution is 6.42. The maximum atomic E-state index is 6.04. The fourth-order valence-corrected chi connectivity index (χ4v) is 2.41. The molecule has 4 heteroatoms.